The zero-order valence-electron chi connectivity index (χ0n) is 13.3. The van der Waals surface area contributed by atoms with Gasteiger partial charge in [-0.2, -0.15) is 5.10 Å². The fourth-order valence-electron chi connectivity index (χ4n) is 2.32. The Morgan fingerprint density at radius 2 is 1.96 bits per heavy atom. The molecule has 3 rings (SSSR count). The summed E-state index contributed by atoms with van der Waals surface area (Å²) in [6.45, 7) is 0. The Hall–Kier alpha value is -3.41. The number of rotatable bonds is 5. The second-order valence-corrected chi connectivity index (χ2v) is 5.26. The lowest BCUT2D eigenvalue weighted by molar-refractivity contribution is 0.625. The van der Waals surface area contributed by atoms with E-state index in [1.807, 2.05) is 18.2 Å². The van der Waals surface area contributed by atoms with Crippen molar-refractivity contribution in [3.05, 3.63) is 88.6 Å². The molecule has 25 heavy (non-hydrogen) atoms. The number of nitrogens with zero attached hydrogens (tertiary/aromatic N) is 3. The van der Waals surface area contributed by atoms with Crippen LogP contribution in [-0.2, 0) is 0 Å². The molecule has 0 radical (unpaired) electrons. The zero-order valence-corrected chi connectivity index (χ0v) is 13.3. The lowest BCUT2D eigenvalue weighted by Crippen LogP contribution is -2.21. The molecular formula is C19H15FN4O. The van der Waals surface area contributed by atoms with Crippen LogP contribution in [0.3, 0.4) is 0 Å². The number of nitrogens with one attached hydrogen (secondary N) is 1. The Bertz CT molecular complexity index is 980. The number of para-hydroxylation sites is 1. The lowest BCUT2D eigenvalue weighted by Gasteiger charge is -2.08. The molecule has 124 valence electrons. The van der Waals surface area contributed by atoms with Gasteiger partial charge >= 0.3 is 0 Å². The summed E-state index contributed by atoms with van der Waals surface area (Å²) in [6, 6.07) is 16.4. The fraction of sp³-hybridized carbons (Fsp3) is 0.0526. The van der Waals surface area contributed by atoms with Gasteiger partial charge < -0.3 is 5.41 Å². The third kappa shape index (κ3) is 3.92. The minimum absolute atomic E-state index is 0.138. The highest BCUT2D eigenvalue weighted by Gasteiger charge is 2.11. The first-order chi connectivity index (χ1) is 12.2. The van der Waals surface area contributed by atoms with Crippen LogP contribution in [0.2, 0.25) is 0 Å². The summed E-state index contributed by atoms with van der Waals surface area (Å²) in [4.78, 5) is 16.7. The molecule has 0 fully saturated rings. The zero-order chi connectivity index (χ0) is 17.6. The maximum absolute atomic E-state index is 13.4. The standard InChI is InChI=1S/C19H15FN4O/c20-14-5-4-8-16(13-14)24-12-10-18(25)19(23-24)17(9-11-21)22-15-6-2-1-3-7-15/h1-8,10-13,21H,9H2. The van der Waals surface area contributed by atoms with E-state index in [2.05, 4.69) is 10.1 Å². The number of hydrogen-bond acceptors (Lipinski definition) is 4. The highest BCUT2D eigenvalue weighted by Crippen LogP contribution is 2.13. The third-order valence-corrected chi connectivity index (χ3v) is 3.47. The van der Waals surface area contributed by atoms with Crippen molar-refractivity contribution in [2.45, 2.75) is 6.42 Å². The van der Waals surface area contributed by atoms with Gasteiger partial charge in [0.15, 0.2) is 5.69 Å². The van der Waals surface area contributed by atoms with Gasteiger partial charge in [-0.15, -0.1) is 0 Å². The van der Waals surface area contributed by atoms with Crippen LogP contribution in [0.5, 0.6) is 0 Å². The van der Waals surface area contributed by atoms with Gasteiger partial charge in [0.05, 0.1) is 17.1 Å². The van der Waals surface area contributed by atoms with E-state index in [-0.39, 0.29) is 17.5 Å². The molecule has 0 unspecified atom stereocenters. The van der Waals surface area contributed by atoms with Crippen molar-refractivity contribution in [2.24, 2.45) is 4.99 Å². The first-order valence-electron chi connectivity index (χ1n) is 7.65. The van der Waals surface area contributed by atoms with Gasteiger partial charge in [-0.05, 0) is 30.3 Å². The number of benzene rings is 2. The highest BCUT2D eigenvalue weighted by molar-refractivity contribution is 6.06. The number of aliphatic imine (C=N–C) groups is 1. The summed E-state index contributed by atoms with van der Waals surface area (Å²) >= 11 is 0. The van der Waals surface area contributed by atoms with E-state index in [0.717, 1.165) is 0 Å². The molecular weight excluding hydrogens is 319 g/mol. The summed E-state index contributed by atoms with van der Waals surface area (Å²) in [7, 11) is 0. The maximum atomic E-state index is 13.4. The Kier molecular flexibility index (Phi) is 4.89. The SMILES string of the molecule is N=CCC(=Nc1ccccc1)c1nn(-c2cccc(F)c2)ccc1=O. The molecule has 0 aliphatic heterocycles. The van der Waals surface area contributed by atoms with Crippen molar-refractivity contribution in [2.75, 3.05) is 0 Å². The average Bonchev–Trinajstić information content (AvgIpc) is 2.63. The molecule has 1 heterocycles. The van der Waals surface area contributed by atoms with Crippen LogP contribution in [-0.4, -0.2) is 21.7 Å². The maximum Gasteiger partial charge on any atom is 0.209 e. The summed E-state index contributed by atoms with van der Waals surface area (Å²) in [6.07, 6.45) is 2.82. The lowest BCUT2D eigenvalue weighted by atomic mass is 10.2. The van der Waals surface area contributed by atoms with Crippen LogP contribution >= 0.6 is 0 Å². The molecule has 0 atom stereocenters. The minimum atomic E-state index is -0.391. The summed E-state index contributed by atoms with van der Waals surface area (Å²) in [5, 5.41) is 11.7. The molecule has 0 bridgehead atoms. The molecule has 0 amide bonds. The molecule has 0 saturated heterocycles. The van der Waals surface area contributed by atoms with Gasteiger partial charge in [0.25, 0.3) is 0 Å². The molecule has 0 saturated carbocycles. The van der Waals surface area contributed by atoms with Gasteiger partial charge in [-0.3, -0.25) is 9.79 Å². The summed E-state index contributed by atoms with van der Waals surface area (Å²) in [5.74, 6) is -0.391. The van der Waals surface area contributed by atoms with Gasteiger partial charge in [0.1, 0.15) is 5.82 Å². The number of aromatic nitrogens is 2. The van der Waals surface area contributed by atoms with Crippen molar-refractivity contribution in [1.29, 1.82) is 5.41 Å². The summed E-state index contributed by atoms with van der Waals surface area (Å²) in [5.41, 5.74) is 1.39. The largest absolute Gasteiger partial charge is 0.313 e. The van der Waals surface area contributed by atoms with Crippen molar-refractivity contribution in [1.82, 2.24) is 9.78 Å². The predicted octanol–water partition coefficient (Wildman–Crippen LogP) is 3.53. The molecule has 5 nitrogen and oxygen atoms in total. The normalized spacial score (nSPS) is 11.3. The van der Waals surface area contributed by atoms with E-state index in [4.69, 9.17) is 5.41 Å². The van der Waals surface area contributed by atoms with Crippen LogP contribution in [0.4, 0.5) is 10.1 Å². The monoisotopic (exact) mass is 334 g/mol. The molecule has 2 aromatic carbocycles. The smallest absolute Gasteiger partial charge is 0.209 e. The first kappa shape index (κ1) is 16.4. The molecule has 0 aliphatic rings. The molecule has 1 aromatic heterocycles. The first-order valence-corrected chi connectivity index (χ1v) is 7.65. The molecule has 0 aliphatic carbocycles. The minimum Gasteiger partial charge on any atom is -0.313 e. The van der Waals surface area contributed by atoms with E-state index in [9.17, 15) is 9.18 Å². The van der Waals surface area contributed by atoms with E-state index in [1.54, 1.807) is 24.3 Å². The third-order valence-electron chi connectivity index (χ3n) is 3.47. The van der Waals surface area contributed by atoms with Crippen LogP contribution in [0, 0.1) is 11.2 Å². The van der Waals surface area contributed by atoms with E-state index in [0.29, 0.717) is 17.1 Å². The van der Waals surface area contributed by atoms with Gasteiger partial charge in [-0.1, -0.05) is 24.3 Å². The van der Waals surface area contributed by atoms with Crippen molar-refractivity contribution >= 4 is 17.6 Å². The fourth-order valence-corrected chi connectivity index (χ4v) is 2.32. The Morgan fingerprint density at radius 3 is 2.68 bits per heavy atom. The Labute approximate surface area is 143 Å². The second kappa shape index (κ2) is 7.44. The van der Waals surface area contributed by atoms with Gasteiger partial charge in [-0.25, -0.2) is 9.07 Å². The van der Waals surface area contributed by atoms with Crippen LogP contribution < -0.4 is 5.43 Å². The predicted molar refractivity (Wildman–Crippen MR) is 95.8 cm³/mol. The molecule has 6 heteroatoms. The number of halogens is 1. The van der Waals surface area contributed by atoms with Crippen LogP contribution in [0.15, 0.2) is 76.6 Å². The van der Waals surface area contributed by atoms with Gasteiger partial charge in [0, 0.05) is 24.9 Å². The number of hydrogen-bond donors (Lipinski definition) is 1. The van der Waals surface area contributed by atoms with Crippen LogP contribution in [0.25, 0.3) is 5.69 Å². The highest BCUT2D eigenvalue weighted by atomic mass is 19.1. The van der Waals surface area contributed by atoms with E-state index >= 15 is 0 Å². The second-order valence-electron chi connectivity index (χ2n) is 5.26. The van der Waals surface area contributed by atoms with Crippen LogP contribution in [0.1, 0.15) is 12.1 Å². The van der Waals surface area contributed by atoms with Crippen molar-refractivity contribution in [3.8, 4) is 5.69 Å². The summed E-state index contributed by atoms with van der Waals surface area (Å²) < 4.78 is 14.9. The molecule has 0 spiro atoms. The average molecular weight is 334 g/mol. The van der Waals surface area contributed by atoms with Gasteiger partial charge in [0.2, 0.25) is 5.43 Å². The van der Waals surface area contributed by atoms with E-state index in [1.165, 1.54) is 35.3 Å². The molecule has 3 aromatic rings. The quantitative estimate of drug-likeness (QED) is 0.725. The van der Waals surface area contributed by atoms with E-state index < -0.39 is 5.82 Å². The molecule has 1 N–H and O–H groups in total. The van der Waals surface area contributed by atoms with Crippen molar-refractivity contribution in [3.63, 3.8) is 0 Å². The topological polar surface area (TPSA) is 71.1 Å². The Balaban J connectivity index is 2.10. The van der Waals surface area contributed by atoms with Crippen molar-refractivity contribution < 1.29 is 4.39 Å². The Morgan fingerprint density at radius 1 is 1.16 bits per heavy atom.